The Morgan fingerprint density at radius 2 is 0.421 bits per heavy atom. The van der Waals surface area contributed by atoms with Crippen molar-refractivity contribution in [1.29, 1.82) is 0 Å². The molecule has 0 spiro atoms. The first-order valence-electron chi connectivity index (χ1n) is 33.3. The first kappa shape index (κ1) is 55.6. The molecular weight excluding hydrogens is 1160 g/mol. The number of halogens is 2. The highest BCUT2D eigenvalue weighted by atomic mass is 19.1. The zero-order chi connectivity index (χ0) is 64.0. The molecule has 0 aromatic heterocycles. The highest BCUT2D eigenvalue weighted by Gasteiger charge is 2.40. The van der Waals surface area contributed by atoms with E-state index in [4.69, 9.17) is 0 Å². The Bertz CT molecular complexity index is 5920. The predicted molar refractivity (Wildman–Crippen MR) is 397 cm³/mol. The fourth-order valence-electron chi connectivity index (χ4n) is 17.8. The summed E-state index contributed by atoms with van der Waals surface area (Å²) in [6.45, 7) is 14.3. The van der Waals surface area contributed by atoms with Crippen molar-refractivity contribution in [2.75, 3.05) is 0 Å². The van der Waals surface area contributed by atoms with E-state index < -0.39 is 11.6 Å². The molecule has 2 heteroatoms. The van der Waals surface area contributed by atoms with Gasteiger partial charge in [-0.05, 0) is 229 Å². The van der Waals surface area contributed by atoms with Gasteiger partial charge in [0.2, 0.25) is 0 Å². The summed E-state index contributed by atoms with van der Waals surface area (Å²) in [5.41, 5.74) is 28.4. The molecule has 95 heavy (non-hydrogen) atoms. The van der Waals surface area contributed by atoms with Crippen LogP contribution < -0.4 is 0 Å². The zero-order valence-electron chi connectivity index (χ0n) is 53.8. The van der Waals surface area contributed by atoms with Crippen LogP contribution in [0, 0.1) is 11.6 Å². The molecule has 0 aliphatic heterocycles. The summed E-state index contributed by atoms with van der Waals surface area (Å²) in [6, 6.07) is 102. The lowest BCUT2D eigenvalue weighted by atomic mass is 9.78. The van der Waals surface area contributed by atoms with E-state index in [1.165, 1.54) is 160 Å². The average molecular weight is 1220 g/mol. The lowest BCUT2D eigenvalue weighted by Gasteiger charge is -2.25. The van der Waals surface area contributed by atoms with Crippen LogP contribution in [0.1, 0.15) is 74.9 Å². The summed E-state index contributed by atoms with van der Waals surface area (Å²) in [4.78, 5) is 0. The second-order valence-electron chi connectivity index (χ2n) is 28.4. The van der Waals surface area contributed by atoms with E-state index in [0.29, 0.717) is 5.56 Å². The fraction of sp³-hybridized carbons (Fsp3) is 0.0968. The number of benzene rings is 16. The predicted octanol–water partition coefficient (Wildman–Crippen LogP) is 25.8. The maximum Gasteiger partial charge on any atom is 0.133 e. The van der Waals surface area contributed by atoms with Gasteiger partial charge in [0.15, 0.2) is 0 Å². The van der Waals surface area contributed by atoms with E-state index in [1.54, 1.807) is 6.07 Å². The maximum atomic E-state index is 15.8. The molecule has 0 saturated carbocycles. The lowest BCUT2D eigenvalue weighted by molar-refractivity contribution is 0.586. The third-order valence-corrected chi connectivity index (χ3v) is 22.4. The summed E-state index contributed by atoms with van der Waals surface area (Å²) in [5, 5.41) is 13.9. The zero-order valence-corrected chi connectivity index (χ0v) is 53.8. The van der Waals surface area contributed by atoms with Crippen LogP contribution in [0.25, 0.3) is 165 Å². The molecule has 0 nitrogen and oxygen atoms in total. The van der Waals surface area contributed by atoms with Crippen LogP contribution in [-0.4, -0.2) is 0 Å². The summed E-state index contributed by atoms with van der Waals surface area (Å²) >= 11 is 0. The first-order valence-corrected chi connectivity index (χ1v) is 33.3. The number of fused-ring (bicyclic) bond motifs is 15. The topological polar surface area (TPSA) is 0 Å². The average Bonchev–Trinajstić information content (AvgIpc) is 1.15. The van der Waals surface area contributed by atoms with Gasteiger partial charge >= 0.3 is 0 Å². The minimum absolute atomic E-state index is 0.117. The van der Waals surface area contributed by atoms with E-state index >= 15 is 4.39 Å². The van der Waals surface area contributed by atoms with Crippen LogP contribution in [0.2, 0.25) is 0 Å². The smallest absolute Gasteiger partial charge is 0.133 e. The van der Waals surface area contributed by atoms with Crippen molar-refractivity contribution in [3.05, 3.63) is 324 Å². The largest absolute Gasteiger partial charge is 0.207 e. The van der Waals surface area contributed by atoms with Crippen LogP contribution in [-0.2, 0) is 16.2 Å². The first-order chi connectivity index (χ1) is 46.2. The van der Waals surface area contributed by atoms with Gasteiger partial charge in [-0.1, -0.05) is 272 Å². The quantitative estimate of drug-likeness (QED) is 0.146. The molecule has 16 aromatic carbocycles. The molecule has 0 heterocycles. The molecule has 0 N–H and O–H groups in total. The molecule has 19 rings (SSSR count). The highest BCUT2D eigenvalue weighted by Crippen LogP contribution is 2.58. The summed E-state index contributed by atoms with van der Waals surface area (Å²) in [6.07, 6.45) is 0. The molecule has 3 aliphatic rings. The molecule has 0 saturated heterocycles. The number of hydrogen-bond donors (Lipinski definition) is 0. The highest BCUT2D eigenvalue weighted by molar-refractivity contribution is 6.30. The molecule has 0 unspecified atom stereocenters. The summed E-state index contributed by atoms with van der Waals surface area (Å²) in [7, 11) is 0. The monoisotopic (exact) mass is 1220 g/mol. The molecule has 16 aromatic rings. The van der Waals surface area contributed by atoms with Gasteiger partial charge in [-0.2, -0.15) is 0 Å². The standard InChI is InChI=1S/C93H64F2/c1-91(2)78-34-20-19-21-59(78)60-43-37-55(49-81(60)91)86-67-24-9-15-30-73(67)89(74-31-16-10-25-68(74)86)90-75-32-17-11-26-69(75)87(70-27-12-18-33-76(70)90)57-39-45-64-62-42-36-54(48-80(62)93(5,6)83(64)51-57)53-35-41-61-63-44-38-56(50-82(63)92(3,4)79(61)47-53)85-65-22-7-13-28-71(65)88(72-29-14-8-23-66(72)85)77-46-40-58(94)52-84(77)95/h7-52H,1-6H3. The van der Waals surface area contributed by atoms with Gasteiger partial charge in [0.1, 0.15) is 11.6 Å². The summed E-state index contributed by atoms with van der Waals surface area (Å²) in [5.74, 6) is -1.16. The van der Waals surface area contributed by atoms with Crippen molar-refractivity contribution in [2.24, 2.45) is 0 Å². The minimum Gasteiger partial charge on any atom is -0.207 e. The minimum atomic E-state index is -0.589. The lowest BCUT2D eigenvalue weighted by Crippen LogP contribution is -2.15. The van der Waals surface area contributed by atoms with Crippen LogP contribution >= 0.6 is 0 Å². The maximum absolute atomic E-state index is 15.8. The van der Waals surface area contributed by atoms with Crippen molar-refractivity contribution < 1.29 is 8.78 Å². The molecular formula is C93H64F2. The van der Waals surface area contributed by atoms with Crippen LogP contribution in [0.4, 0.5) is 8.78 Å². The Labute approximate surface area is 552 Å². The third kappa shape index (κ3) is 7.80. The van der Waals surface area contributed by atoms with Crippen molar-refractivity contribution in [2.45, 2.75) is 57.8 Å². The molecule has 0 radical (unpaired) electrons. The van der Waals surface area contributed by atoms with Crippen LogP contribution in [0.3, 0.4) is 0 Å². The van der Waals surface area contributed by atoms with Gasteiger partial charge in [-0.15, -0.1) is 0 Å². The van der Waals surface area contributed by atoms with Gasteiger partial charge in [0, 0.05) is 33.4 Å². The van der Waals surface area contributed by atoms with Crippen molar-refractivity contribution >= 4 is 64.6 Å². The number of hydrogen-bond acceptors (Lipinski definition) is 0. The molecule has 0 bridgehead atoms. The Morgan fingerprint density at radius 3 is 0.737 bits per heavy atom. The van der Waals surface area contributed by atoms with Crippen LogP contribution in [0.15, 0.2) is 279 Å². The van der Waals surface area contributed by atoms with Gasteiger partial charge in [0.05, 0.1) is 0 Å². The number of rotatable bonds is 6. The normalized spacial score (nSPS) is 14.4. The van der Waals surface area contributed by atoms with E-state index in [1.807, 2.05) is 12.1 Å². The Balaban J connectivity index is 0.693. The van der Waals surface area contributed by atoms with Gasteiger partial charge < -0.3 is 0 Å². The van der Waals surface area contributed by atoms with Crippen molar-refractivity contribution in [3.63, 3.8) is 0 Å². The van der Waals surface area contributed by atoms with Gasteiger partial charge in [-0.3, -0.25) is 0 Å². The fourth-order valence-corrected chi connectivity index (χ4v) is 17.8. The van der Waals surface area contributed by atoms with Crippen molar-refractivity contribution in [3.8, 4) is 100 Å². The van der Waals surface area contributed by atoms with E-state index in [9.17, 15) is 4.39 Å². The molecule has 3 aliphatic carbocycles. The second kappa shape index (κ2) is 20.0. The van der Waals surface area contributed by atoms with E-state index in [0.717, 1.165) is 44.3 Å². The van der Waals surface area contributed by atoms with Gasteiger partial charge in [0.25, 0.3) is 0 Å². The molecule has 450 valence electrons. The third-order valence-electron chi connectivity index (χ3n) is 22.4. The second-order valence-corrected chi connectivity index (χ2v) is 28.4. The molecule has 0 amide bonds. The van der Waals surface area contributed by atoms with Crippen LogP contribution in [0.5, 0.6) is 0 Å². The van der Waals surface area contributed by atoms with E-state index in [-0.39, 0.29) is 16.2 Å². The van der Waals surface area contributed by atoms with Gasteiger partial charge in [-0.25, -0.2) is 8.78 Å². The molecule has 0 fully saturated rings. The Hall–Kier alpha value is -11.1. The summed E-state index contributed by atoms with van der Waals surface area (Å²) < 4.78 is 30.1. The Kier molecular flexibility index (Phi) is 11.7. The van der Waals surface area contributed by atoms with E-state index in [2.05, 4.69) is 290 Å². The Morgan fingerprint density at radius 1 is 0.189 bits per heavy atom. The molecule has 0 atom stereocenters. The van der Waals surface area contributed by atoms with Crippen molar-refractivity contribution in [1.82, 2.24) is 0 Å². The SMILES string of the molecule is CC1(C)c2cc(-c3ccc4c(c3)C(C)(C)c3cc(-c5c6ccccc6c(-c6c7ccccc7c(-c7ccc8c(c7)C(C)(C)c7ccccc7-8)c7ccccc67)c6ccccc56)ccc3-4)ccc2-c2ccc(-c3c4ccccc4c(-c4ccc(F)cc4F)c4ccccc34)cc21.